The first kappa shape index (κ1) is 15.9. The average molecular weight is 207 g/mol. The minimum Gasteiger partial charge on any atom is -1.00 e. The Kier molecular flexibility index (Phi) is 11.5. The van der Waals surface area contributed by atoms with Crippen molar-refractivity contribution in [1.29, 1.82) is 0 Å². The lowest BCUT2D eigenvalue weighted by Crippen LogP contribution is -3.00. The molecule has 0 amide bonds. The van der Waals surface area contributed by atoms with Gasteiger partial charge >= 0.3 is 0 Å². The van der Waals surface area contributed by atoms with Gasteiger partial charge in [0, 0.05) is 0 Å². The summed E-state index contributed by atoms with van der Waals surface area (Å²) in [6, 6.07) is 0. The molecule has 0 bridgehead atoms. The molecule has 0 aliphatic carbocycles. The predicted molar refractivity (Wildman–Crippen MR) is 31.7 cm³/mol. The normalized spacial score (nSPS) is 9.00. The Hall–Kier alpha value is 0.690. The van der Waals surface area contributed by atoms with Crippen LogP contribution in [-0.2, 0) is 0 Å². The molecule has 0 aromatic heterocycles. The third-order valence-corrected chi connectivity index (χ3v) is 0.774. The fourth-order valence-corrected chi connectivity index (χ4v) is 0. The molecule has 0 heterocycles. The molecule has 0 aliphatic heterocycles. The number of hydrogen-bond acceptors (Lipinski definition) is 1. The van der Waals surface area contributed by atoms with Gasteiger partial charge in [-0.3, -0.25) is 0 Å². The maximum Gasteiger partial charge on any atom is 0.105 e. The van der Waals surface area contributed by atoms with Crippen LogP contribution in [0.3, 0.4) is 0 Å². The topological polar surface area (TPSA) is 20.2 Å². The van der Waals surface area contributed by atoms with Gasteiger partial charge in [0.15, 0.2) is 0 Å². The zero-order valence-electron chi connectivity index (χ0n) is 5.39. The zero-order chi connectivity index (χ0) is 5.21. The van der Waals surface area contributed by atoms with E-state index in [0.717, 1.165) is 6.54 Å². The molecule has 0 spiro atoms. The first-order chi connectivity index (χ1) is 2.56. The first-order valence-corrected chi connectivity index (χ1v) is 2.12. The van der Waals surface area contributed by atoms with Crippen LogP contribution in [0.2, 0.25) is 0 Å². The SMILES string of the molecule is CC[N+](C)(C)O.Cl.[Br-]. The highest BCUT2D eigenvalue weighted by atomic mass is 79.9. The molecule has 0 saturated carbocycles. The molecule has 0 rings (SSSR count). The van der Waals surface area contributed by atoms with E-state index >= 15 is 0 Å². The summed E-state index contributed by atoms with van der Waals surface area (Å²) in [5, 5.41) is 8.76. The predicted octanol–water partition coefficient (Wildman–Crippen LogP) is -2.10. The van der Waals surface area contributed by atoms with Crippen molar-refractivity contribution in [2.75, 3.05) is 20.6 Å². The van der Waals surface area contributed by atoms with Gasteiger partial charge in [0.1, 0.15) is 6.54 Å². The average Bonchev–Trinajstić information content (AvgIpc) is 1.35. The van der Waals surface area contributed by atoms with Crippen LogP contribution in [0.15, 0.2) is 0 Å². The summed E-state index contributed by atoms with van der Waals surface area (Å²) in [5.41, 5.74) is 0. The molecule has 0 saturated heterocycles. The molecule has 0 aromatic rings. The minimum absolute atomic E-state index is 0. The van der Waals surface area contributed by atoms with Gasteiger partial charge in [0.2, 0.25) is 0 Å². The van der Waals surface area contributed by atoms with Crippen LogP contribution in [-0.4, -0.2) is 30.5 Å². The summed E-state index contributed by atoms with van der Waals surface area (Å²) >= 11 is 0. The molecule has 54 valence electrons. The molecular formula is C4H13BrClNO. The third kappa shape index (κ3) is 15.9. The number of hydrogen-bond donors (Lipinski definition) is 1. The lowest BCUT2D eigenvalue weighted by atomic mass is 10.7. The highest BCUT2D eigenvalue weighted by Crippen LogP contribution is 1.82. The van der Waals surface area contributed by atoms with Crippen LogP contribution in [0, 0.1) is 0 Å². The molecule has 0 aromatic carbocycles. The molecule has 0 aliphatic rings. The van der Waals surface area contributed by atoms with Crippen molar-refractivity contribution in [3.63, 3.8) is 0 Å². The lowest BCUT2D eigenvalue weighted by molar-refractivity contribution is -1.07. The number of quaternary nitrogens is 1. The molecule has 1 N–H and O–H groups in total. The van der Waals surface area contributed by atoms with Crippen molar-refractivity contribution < 1.29 is 26.8 Å². The summed E-state index contributed by atoms with van der Waals surface area (Å²) < 4.78 is 0.0694. The second-order valence-corrected chi connectivity index (χ2v) is 1.94. The van der Waals surface area contributed by atoms with E-state index in [-0.39, 0.29) is 34.0 Å². The van der Waals surface area contributed by atoms with Gasteiger partial charge < -0.3 is 17.0 Å². The van der Waals surface area contributed by atoms with Crippen LogP contribution in [0.5, 0.6) is 0 Å². The van der Waals surface area contributed by atoms with Gasteiger partial charge in [-0.05, 0) is 6.92 Å². The molecule has 4 heteroatoms. The largest absolute Gasteiger partial charge is 1.00 e. The van der Waals surface area contributed by atoms with Crippen molar-refractivity contribution in [3.05, 3.63) is 0 Å². The summed E-state index contributed by atoms with van der Waals surface area (Å²) in [7, 11) is 3.47. The maximum atomic E-state index is 8.76. The highest BCUT2D eigenvalue weighted by molar-refractivity contribution is 5.85. The molecule has 8 heavy (non-hydrogen) atoms. The maximum absolute atomic E-state index is 8.76. The van der Waals surface area contributed by atoms with E-state index in [4.69, 9.17) is 5.21 Å². The summed E-state index contributed by atoms with van der Waals surface area (Å²) in [6.45, 7) is 2.69. The fourth-order valence-electron chi connectivity index (χ4n) is 0. The van der Waals surface area contributed by atoms with Gasteiger partial charge in [0.25, 0.3) is 0 Å². The molecule has 0 atom stereocenters. The van der Waals surface area contributed by atoms with Crippen LogP contribution in [0.4, 0.5) is 0 Å². The van der Waals surface area contributed by atoms with Crippen LogP contribution < -0.4 is 17.0 Å². The Morgan fingerprint density at radius 2 is 1.50 bits per heavy atom. The number of halogens is 2. The van der Waals surface area contributed by atoms with Gasteiger partial charge in [-0.1, -0.05) is 0 Å². The molecular weight excluding hydrogens is 193 g/mol. The van der Waals surface area contributed by atoms with Crippen LogP contribution in [0.1, 0.15) is 6.92 Å². The Labute approximate surface area is 67.2 Å². The summed E-state index contributed by atoms with van der Waals surface area (Å²) in [4.78, 5) is 0. The van der Waals surface area contributed by atoms with Crippen LogP contribution in [0.25, 0.3) is 0 Å². The van der Waals surface area contributed by atoms with E-state index < -0.39 is 0 Å². The van der Waals surface area contributed by atoms with Crippen molar-refractivity contribution >= 4 is 12.4 Å². The Balaban J connectivity index is -0.000000125. The van der Waals surface area contributed by atoms with E-state index in [1.54, 1.807) is 14.1 Å². The highest BCUT2D eigenvalue weighted by Gasteiger charge is 2.02. The van der Waals surface area contributed by atoms with Gasteiger partial charge in [-0.25, -0.2) is 5.21 Å². The van der Waals surface area contributed by atoms with E-state index in [0.29, 0.717) is 0 Å². The minimum atomic E-state index is 0. The third-order valence-electron chi connectivity index (χ3n) is 0.774. The summed E-state index contributed by atoms with van der Waals surface area (Å²) in [6.07, 6.45) is 0. The van der Waals surface area contributed by atoms with Gasteiger partial charge in [-0.2, -0.15) is 4.65 Å². The smallest absolute Gasteiger partial charge is 0.105 e. The standard InChI is InChI=1S/C4H12NO.BrH.ClH/c1-4-5(2,3)6;;/h6H,4H2,1-3H3;2*1H/q+1;;/p-1. The quantitative estimate of drug-likeness (QED) is 0.385. The number of hydroxylamine groups is 3. The van der Waals surface area contributed by atoms with Gasteiger partial charge in [0.05, 0.1) is 14.1 Å². The Morgan fingerprint density at radius 3 is 1.50 bits per heavy atom. The molecule has 0 unspecified atom stereocenters. The van der Waals surface area contributed by atoms with Crippen molar-refractivity contribution in [2.45, 2.75) is 6.92 Å². The Bertz CT molecular complexity index is 45.8. The van der Waals surface area contributed by atoms with Gasteiger partial charge in [-0.15, -0.1) is 12.4 Å². The molecule has 0 fully saturated rings. The lowest BCUT2D eigenvalue weighted by Gasteiger charge is -2.15. The number of nitrogens with zero attached hydrogens (tertiary/aromatic N) is 1. The molecule has 2 nitrogen and oxygen atoms in total. The van der Waals surface area contributed by atoms with Crippen molar-refractivity contribution in [1.82, 2.24) is 0 Å². The van der Waals surface area contributed by atoms with E-state index in [2.05, 4.69) is 0 Å². The fraction of sp³-hybridized carbons (Fsp3) is 1.00. The molecule has 0 radical (unpaired) electrons. The van der Waals surface area contributed by atoms with Crippen molar-refractivity contribution in [2.24, 2.45) is 0 Å². The second kappa shape index (κ2) is 5.82. The van der Waals surface area contributed by atoms with Crippen LogP contribution >= 0.6 is 12.4 Å². The summed E-state index contributed by atoms with van der Waals surface area (Å²) in [5.74, 6) is 0. The van der Waals surface area contributed by atoms with E-state index in [1.165, 1.54) is 0 Å². The monoisotopic (exact) mass is 205 g/mol. The second-order valence-electron chi connectivity index (χ2n) is 1.94. The zero-order valence-corrected chi connectivity index (χ0v) is 7.79. The van der Waals surface area contributed by atoms with Crippen molar-refractivity contribution in [3.8, 4) is 0 Å². The number of rotatable bonds is 1. The van der Waals surface area contributed by atoms with E-state index in [9.17, 15) is 0 Å². The Morgan fingerprint density at radius 1 is 1.38 bits per heavy atom. The van der Waals surface area contributed by atoms with E-state index in [1.807, 2.05) is 6.92 Å². The first-order valence-electron chi connectivity index (χ1n) is 2.12.